The third kappa shape index (κ3) is 5.12. The van der Waals surface area contributed by atoms with Gasteiger partial charge in [-0.1, -0.05) is 18.2 Å². The summed E-state index contributed by atoms with van der Waals surface area (Å²) in [5.74, 6) is -1.04. The van der Waals surface area contributed by atoms with Crippen molar-refractivity contribution in [3.05, 3.63) is 71.6 Å². The number of aromatic nitrogens is 1. The highest BCUT2D eigenvalue weighted by atomic mass is 19.4. The van der Waals surface area contributed by atoms with Gasteiger partial charge in [-0.15, -0.1) is 0 Å². The van der Waals surface area contributed by atoms with Crippen LogP contribution in [0.25, 0.3) is 0 Å². The number of nitrogens with one attached hydrogen (secondary N) is 1. The van der Waals surface area contributed by atoms with E-state index >= 15 is 0 Å². The normalized spacial score (nSPS) is 11.6. The fraction of sp³-hybridized carbons (Fsp3) is 0.176. The van der Waals surface area contributed by atoms with Crippen LogP contribution in [0.4, 0.5) is 18.9 Å². The Morgan fingerprint density at radius 1 is 1.25 bits per heavy atom. The molecule has 7 heteroatoms. The fourth-order valence-electron chi connectivity index (χ4n) is 2.09. The number of hydrogen-bond donors (Lipinski definition) is 2. The Kier molecular flexibility index (Phi) is 5.57. The molecule has 1 heterocycles. The SMILES string of the molecule is O=C(O)/C=C/Cc1cccnc1CNc1cccc(C(F)(F)F)c1. The van der Waals surface area contributed by atoms with Crippen molar-refractivity contribution in [1.82, 2.24) is 4.98 Å². The summed E-state index contributed by atoms with van der Waals surface area (Å²) in [6, 6.07) is 8.43. The molecule has 1 aromatic heterocycles. The van der Waals surface area contributed by atoms with Gasteiger partial charge in [0.15, 0.2) is 0 Å². The van der Waals surface area contributed by atoms with Crippen molar-refractivity contribution < 1.29 is 23.1 Å². The Morgan fingerprint density at radius 3 is 2.75 bits per heavy atom. The van der Waals surface area contributed by atoms with Crippen molar-refractivity contribution in [3.63, 3.8) is 0 Å². The van der Waals surface area contributed by atoms with E-state index in [1.807, 2.05) is 0 Å². The molecule has 0 aliphatic carbocycles. The van der Waals surface area contributed by atoms with Gasteiger partial charge < -0.3 is 10.4 Å². The van der Waals surface area contributed by atoms with Gasteiger partial charge in [0.1, 0.15) is 0 Å². The number of carboxylic acid groups (broad SMARTS) is 1. The highest BCUT2D eigenvalue weighted by Gasteiger charge is 2.30. The van der Waals surface area contributed by atoms with Crippen LogP contribution < -0.4 is 5.32 Å². The summed E-state index contributed by atoms with van der Waals surface area (Å²) < 4.78 is 38.1. The maximum absolute atomic E-state index is 12.7. The second-order valence-electron chi connectivity index (χ2n) is 4.99. The average molecular weight is 336 g/mol. The Morgan fingerprint density at radius 2 is 2.04 bits per heavy atom. The summed E-state index contributed by atoms with van der Waals surface area (Å²) in [6.45, 7) is 0.235. The Labute approximate surface area is 136 Å². The van der Waals surface area contributed by atoms with Crippen molar-refractivity contribution in [2.45, 2.75) is 19.1 Å². The number of hydrogen-bond acceptors (Lipinski definition) is 3. The molecule has 0 saturated carbocycles. The first-order valence-corrected chi connectivity index (χ1v) is 7.09. The Balaban J connectivity index is 2.08. The van der Waals surface area contributed by atoms with Crippen LogP contribution in [0.5, 0.6) is 0 Å². The molecular formula is C17H15F3N2O2. The van der Waals surface area contributed by atoms with E-state index in [2.05, 4.69) is 10.3 Å². The van der Waals surface area contributed by atoms with Crippen LogP contribution in [-0.4, -0.2) is 16.1 Å². The lowest BCUT2D eigenvalue weighted by molar-refractivity contribution is -0.137. The average Bonchev–Trinajstić information content (AvgIpc) is 2.53. The van der Waals surface area contributed by atoms with Crippen LogP contribution in [0, 0.1) is 0 Å². The van der Waals surface area contributed by atoms with E-state index in [0.29, 0.717) is 17.8 Å². The second kappa shape index (κ2) is 7.63. The van der Waals surface area contributed by atoms with E-state index in [1.54, 1.807) is 24.4 Å². The number of benzene rings is 1. The molecule has 0 fully saturated rings. The molecule has 0 atom stereocenters. The molecule has 126 valence electrons. The first-order chi connectivity index (χ1) is 11.4. The van der Waals surface area contributed by atoms with Crippen molar-refractivity contribution in [1.29, 1.82) is 0 Å². The molecule has 0 aliphatic heterocycles. The van der Waals surface area contributed by atoms with Gasteiger partial charge in [-0.3, -0.25) is 4.98 Å². The molecule has 0 amide bonds. The van der Waals surface area contributed by atoms with Crippen LogP contribution in [-0.2, 0) is 23.9 Å². The molecule has 0 bridgehead atoms. The number of alkyl halides is 3. The summed E-state index contributed by atoms with van der Waals surface area (Å²) in [6.07, 6.45) is 0.0902. The molecule has 24 heavy (non-hydrogen) atoms. The van der Waals surface area contributed by atoms with E-state index in [1.165, 1.54) is 12.1 Å². The molecule has 0 unspecified atom stereocenters. The lowest BCUT2D eigenvalue weighted by atomic mass is 10.1. The highest BCUT2D eigenvalue weighted by Crippen LogP contribution is 2.30. The first-order valence-electron chi connectivity index (χ1n) is 7.09. The number of nitrogens with zero attached hydrogens (tertiary/aromatic N) is 1. The van der Waals surface area contributed by atoms with E-state index < -0.39 is 17.7 Å². The lowest BCUT2D eigenvalue weighted by Crippen LogP contribution is -2.08. The summed E-state index contributed by atoms with van der Waals surface area (Å²) >= 11 is 0. The van der Waals surface area contributed by atoms with Gasteiger partial charge in [0, 0.05) is 18.0 Å². The Bertz CT molecular complexity index is 743. The first kappa shape index (κ1) is 17.5. The molecule has 4 nitrogen and oxygen atoms in total. The van der Waals surface area contributed by atoms with Crippen LogP contribution in [0.2, 0.25) is 0 Å². The summed E-state index contributed by atoms with van der Waals surface area (Å²) in [4.78, 5) is 14.7. The zero-order valence-corrected chi connectivity index (χ0v) is 12.5. The van der Waals surface area contributed by atoms with Gasteiger partial charge in [0.2, 0.25) is 0 Å². The van der Waals surface area contributed by atoms with E-state index in [-0.39, 0.29) is 6.54 Å². The number of anilines is 1. The zero-order valence-electron chi connectivity index (χ0n) is 12.5. The standard InChI is InChI=1S/C17H15F3N2O2/c18-17(19,20)13-6-2-7-14(10-13)22-11-15-12(5-3-9-21-15)4-1-8-16(23)24/h1-3,5-10,22H,4,11H2,(H,23,24)/b8-1+. The molecule has 2 N–H and O–H groups in total. The summed E-state index contributed by atoms with van der Waals surface area (Å²) in [5, 5.41) is 11.5. The van der Waals surface area contributed by atoms with Gasteiger partial charge in [0.05, 0.1) is 17.8 Å². The van der Waals surface area contributed by atoms with E-state index in [0.717, 1.165) is 23.8 Å². The number of carbonyl (C=O) groups is 1. The second-order valence-corrected chi connectivity index (χ2v) is 4.99. The largest absolute Gasteiger partial charge is 0.478 e. The van der Waals surface area contributed by atoms with E-state index in [9.17, 15) is 18.0 Å². The van der Waals surface area contributed by atoms with Gasteiger partial charge >= 0.3 is 12.1 Å². The van der Waals surface area contributed by atoms with Gasteiger partial charge in [0.25, 0.3) is 0 Å². The highest BCUT2D eigenvalue weighted by molar-refractivity contribution is 5.79. The number of pyridine rings is 1. The molecular weight excluding hydrogens is 321 g/mol. The minimum atomic E-state index is -4.39. The molecule has 0 spiro atoms. The maximum atomic E-state index is 12.7. The minimum Gasteiger partial charge on any atom is -0.478 e. The number of allylic oxidation sites excluding steroid dienone is 1. The molecule has 1 aromatic carbocycles. The van der Waals surface area contributed by atoms with Crippen LogP contribution in [0.3, 0.4) is 0 Å². The fourth-order valence-corrected chi connectivity index (χ4v) is 2.09. The van der Waals surface area contributed by atoms with Gasteiger partial charge in [-0.25, -0.2) is 4.79 Å². The molecule has 2 rings (SSSR count). The van der Waals surface area contributed by atoms with Crippen molar-refractivity contribution in [3.8, 4) is 0 Å². The quantitative estimate of drug-likeness (QED) is 0.786. The van der Waals surface area contributed by atoms with Crippen LogP contribution >= 0.6 is 0 Å². The van der Waals surface area contributed by atoms with E-state index in [4.69, 9.17) is 5.11 Å². The van der Waals surface area contributed by atoms with Crippen molar-refractivity contribution in [2.24, 2.45) is 0 Å². The van der Waals surface area contributed by atoms with Crippen LogP contribution in [0.1, 0.15) is 16.8 Å². The van der Waals surface area contributed by atoms with Gasteiger partial charge in [-0.05, 0) is 36.2 Å². The predicted octanol–water partition coefficient (Wildman–Crippen LogP) is 3.90. The molecule has 0 aliphatic rings. The number of halogens is 3. The molecule has 0 saturated heterocycles. The molecule has 2 aromatic rings. The Hall–Kier alpha value is -2.83. The number of aliphatic carboxylic acids is 1. The third-order valence-electron chi connectivity index (χ3n) is 3.23. The van der Waals surface area contributed by atoms with Gasteiger partial charge in [-0.2, -0.15) is 13.2 Å². The van der Waals surface area contributed by atoms with Crippen molar-refractivity contribution in [2.75, 3.05) is 5.32 Å². The number of rotatable bonds is 6. The molecule has 0 radical (unpaired) electrons. The zero-order chi connectivity index (χ0) is 17.6. The third-order valence-corrected chi connectivity index (χ3v) is 3.23. The summed E-state index contributed by atoms with van der Waals surface area (Å²) in [7, 11) is 0. The predicted molar refractivity (Wildman–Crippen MR) is 83.5 cm³/mol. The smallest absolute Gasteiger partial charge is 0.416 e. The topological polar surface area (TPSA) is 62.2 Å². The lowest BCUT2D eigenvalue weighted by Gasteiger charge is -2.12. The van der Waals surface area contributed by atoms with Crippen LogP contribution in [0.15, 0.2) is 54.7 Å². The van der Waals surface area contributed by atoms with Crippen molar-refractivity contribution >= 4 is 11.7 Å². The number of carboxylic acids is 1. The summed E-state index contributed by atoms with van der Waals surface area (Å²) in [5.41, 5.74) is 1.06. The monoisotopic (exact) mass is 336 g/mol. The maximum Gasteiger partial charge on any atom is 0.416 e. The minimum absolute atomic E-state index is 0.235.